The quantitative estimate of drug-likeness (QED) is 0.597. The van der Waals surface area contributed by atoms with Crippen molar-refractivity contribution in [1.29, 1.82) is 0 Å². The predicted molar refractivity (Wildman–Crippen MR) is 110 cm³/mol. The molecule has 0 spiro atoms. The fraction of sp³-hybridized carbons (Fsp3) is 0.158. The van der Waals surface area contributed by atoms with Crippen molar-refractivity contribution in [2.24, 2.45) is 5.10 Å². The Morgan fingerprint density at radius 3 is 2.55 bits per heavy atom. The fourth-order valence-electron chi connectivity index (χ4n) is 3.06. The van der Waals surface area contributed by atoms with Crippen LogP contribution in [0.5, 0.6) is 0 Å². The second-order valence-electron chi connectivity index (χ2n) is 6.49. The lowest BCUT2D eigenvalue weighted by atomic mass is 10.0. The van der Waals surface area contributed by atoms with Gasteiger partial charge in [0.2, 0.25) is 10.0 Å². The number of carbonyl (C=O) groups is 1. The molecule has 10 heteroatoms. The van der Waals surface area contributed by atoms with E-state index in [1.165, 1.54) is 5.01 Å². The minimum absolute atomic E-state index is 0.158. The summed E-state index contributed by atoms with van der Waals surface area (Å²) in [6, 6.07) is 13.2. The molecule has 8 nitrogen and oxygen atoms in total. The molecular weight excluding hydrogens is 462 g/mol. The molecule has 1 atom stereocenters. The highest BCUT2D eigenvalue weighted by molar-refractivity contribution is 9.10. The zero-order valence-corrected chi connectivity index (χ0v) is 17.6. The van der Waals surface area contributed by atoms with Crippen LogP contribution in [0.3, 0.4) is 0 Å². The maximum Gasteiger partial charge on any atom is 0.310 e. The smallest absolute Gasteiger partial charge is 0.310 e. The van der Waals surface area contributed by atoms with Crippen LogP contribution in [0.15, 0.2) is 73.4 Å². The van der Waals surface area contributed by atoms with Gasteiger partial charge in [-0.2, -0.15) is 5.10 Å². The van der Waals surface area contributed by atoms with E-state index in [0.717, 1.165) is 11.8 Å². The lowest BCUT2D eigenvalue weighted by molar-refractivity contribution is 0.0659. The third kappa shape index (κ3) is 4.28. The van der Waals surface area contributed by atoms with E-state index in [9.17, 15) is 13.2 Å². The Bertz CT molecular complexity index is 1170. The third-order valence-electron chi connectivity index (χ3n) is 4.30. The minimum atomic E-state index is -3.36. The van der Waals surface area contributed by atoms with E-state index in [4.69, 9.17) is 8.83 Å². The van der Waals surface area contributed by atoms with Gasteiger partial charge in [-0.15, -0.1) is 0 Å². The summed E-state index contributed by atoms with van der Waals surface area (Å²) < 4.78 is 36.5. The van der Waals surface area contributed by atoms with E-state index in [0.29, 0.717) is 28.2 Å². The first-order valence-electron chi connectivity index (χ1n) is 8.58. The van der Waals surface area contributed by atoms with Crippen LogP contribution in [-0.4, -0.2) is 31.3 Å². The molecule has 1 aliphatic rings. The standard InChI is InChI=1S/C19H16BrN3O5S/c1-29(25,26)22-13-6-4-12(5-7-13)14-11-15(16-3-2-10-27-16)23(21-14)19(24)17-8-9-18(20)28-17/h2-10,15,22H,11H2,1H3/t15-/m1/s1. The molecule has 3 heterocycles. The van der Waals surface area contributed by atoms with Crippen molar-refractivity contribution in [2.75, 3.05) is 11.0 Å². The number of benzene rings is 1. The average molecular weight is 478 g/mol. The molecule has 0 radical (unpaired) electrons. The lowest BCUT2D eigenvalue weighted by Gasteiger charge is -2.18. The number of hydrogen-bond acceptors (Lipinski definition) is 6. The number of hydrazone groups is 1. The molecule has 29 heavy (non-hydrogen) atoms. The highest BCUT2D eigenvalue weighted by Gasteiger charge is 2.36. The van der Waals surface area contributed by atoms with Crippen LogP contribution in [-0.2, 0) is 10.0 Å². The molecule has 0 unspecified atom stereocenters. The first-order chi connectivity index (χ1) is 13.8. The summed E-state index contributed by atoms with van der Waals surface area (Å²) in [7, 11) is -3.36. The van der Waals surface area contributed by atoms with Crippen LogP contribution < -0.4 is 4.72 Å². The van der Waals surface area contributed by atoms with Gasteiger partial charge in [-0.05, 0) is 57.9 Å². The number of anilines is 1. The minimum Gasteiger partial charge on any atom is -0.467 e. The molecule has 2 aromatic heterocycles. The third-order valence-corrected chi connectivity index (χ3v) is 5.33. The Balaban J connectivity index is 1.64. The molecule has 4 rings (SSSR count). The molecule has 1 aromatic carbocycles. The normalized spacial score (nSPS) is 16.7. The topological polar surface area (TPSA) is 105 Å². The first-order valence-corrected chi connectivity index (χ1v) is 11.3. The molecule has 1 aliphatic heterocycles. The summed E-state index contributed by atoms with van der Waals surface area (Å²) in [5, 5.41) is 5.86. The number of nitrogens with one attached hydrogen (secondary N) is 1. The Hall–Kier alpha value is -2.85. The van der Waals surface area contributed by atoms with Crippen LogP contribution in [0, 0.1) is 0 Å². The molecular formula is C19H16BrN3O5S. The van der Waals surface area contributed by atoms with Gasteiger partial charge in [-0.1, -0.05) is 12.1 Å². The maximum absolute atomic E-state index is 12.9. The molecule has 1 N–H and O–H groups in total. The molecule has 0 bridgehead atoms. The van der Waals surface area contributed by atoms with Crippen LogP contribution in [0.2, 0.25) is 0 Å². The summed E-state index contributed by atoms with van der Waals surface area (Å²) >= 11 is 3.20. The number of carbonyl (C=O) groups excluding carboxylic acids is 1. The van der Waals surface area contributed by atoms with Crippen molar-refractivity contribution in [1.82, 2.24) is 5.01 Å². The number of furan rings is 2. The number of rotatable bonds is 5. The van der Waals surface area contributed by atoms with Gasteiger partial charge in [-0.25, -0.2) is 13.4 Å². The van der Waals surface area contributed by atoms with E-state index < -0.39 is 16.1 Å². The Morgan fingerprint density at radius 2 is 1.97 bits per heavy atom. The van der Waals surface area contributed by atoms with Crippen LogP contribution in [0.4, 0.5) is 5.69 Å². The Morgan fingerprint density at radius 1 is 1.21 bits per heavy atom. The zero-order chi connectivity index (χ0) is 20.6. The van der Waals surface area contributed by atoms with Crippen molar-refractivity contribution >= 4 is 43.3 Å². The summed E-state index contributed by atoms with van der Waals surface area (Å²) in [6.07, 6.45) is 3.08. The van der Waals surface area contributed by atoms with Gasteiger partial charge < -0.3 is 8.83 Å². The van der Waals surface area contributed by atoms with E-state index >= 15 is 0 Å². The second-order valence-corrected chi connectivity index (χ2v) is 9.02. The highest BCUT2D eigenvalue weighted by Crippen LogP contribution is 2.34. The molecule has 3 aromatic rings. The largest absolute Gasteiger partial charge is 0.467 e. The van der Waals surface area contributed by atoms with Crippen LogP contribution in [0.1, 0.15) is 34.3 Å². The maximum atomic E-state index is 12.9. The number of sulfonamides is 1. The van der Waals surface area contributed by atoms with E-state index in [1.807, 2.05) is 0 Å². The van der Waals surface area contributed by atoms with Crippen molar-refractivity contribution in [3.63, 3.8) is 0 Å². The predicted octanol–water partition coefficient (Wildman–Crippen LogP) is 4.00. The average Bonchev–Trinajstić information content (AvgIpc) is 3.40. The molecule has 0 saturated heterocycles. The Labute approximate surface area is 175 Å². The van der Waals surface area contributed by atoms with Crippen molar-refractivity contribution in [3.05, 3.63) is 76.5 Å². The van der Waals surface area contributed by atoms with Crippen molar-refractivity contribution < 1.29 is 22.0 Å². The highest BCUT2D eigenvalue weighted by atomic mass is 79.9. The van der Waals surface area contributed by atoms with Gasteiger partial charge >= 0.3 is 5.91 Å². The number of amides is 1. The van der Waals surface area contributed by atoms with Gasteiger partial charge in [0.05, 0.1) is 18.2 Å². The number of hydrogen-bond donors (Lipinski definition) is 1. The number of nitrogens with zero attached hydrogens (tertiary/aromatic N) is 2. The van der Waals surface area contributed by atoms with E-state index in [-0.39, 0.29) is 11.7 Å². The Kier molecular flexibility index (Phi) is 5.05. The van der Waals surface area contributed by atoms with Gasteiger partial charge in [0.15, 0.2) is 10.4 Å². The number of halogens is 1. The monoisotopic (exact) mass is 477 g/mol. The summed E-state index contributed by atoms with van der Waals surface area (Å²) in [4.78, 5) is 12.9. The van der Waals surface area contributed by atoms with E-state index in [1.54, 1.807) is 54.8 Å². The van der Waals surface area contributed by atoms with Crippen molar-refractivity contribution in [3.8, 4) is 0 Å². The van der Waals surface area contributed by atoms with Crippen molar-refractivity contribution in [2.45, 2.75) is 12.5 Å². The van der Waals surface area contributed by atoms with Crippen LogP contribution >= 0.6 is 15.9 Å². The molecule has 0 aliphatic carbocycles. The first kappa shape index (κ1) is 19.5. The summed E-state index contributed by atoms with van der Waals surface area (Å²) in [6.45, 7) is 0. The molecule has 1 amide bonds. The second kappa shape index (κ2) is 7.53. The van der Waals surface area contributed by atoms with Crippen LogP contribution in [0.25, 0.3) is 0 Å². The zero-order valence-electron chi connectivity index (χ0n) is 15.2. The summed E-state index contributed by atoms with van der Waals surface area (Å²) in [5.74, 6) is 0.381. The fourth-order valence-corrected chi connectivity index (χ4v) is 3.93. The molecule has 0 fully saturated rings. The molecule has 150 valence electrons. The van der Waals surface area contributed by atoms with E-state index in [2.05, 4.69) is 25.8 Å². The van der Waals surface area contributed by atoms with Gasteiger partial charge in [-0.3, -0.25) is 9.52 Å². The molecule has 0 saturated carbocycles. The van der Waals surface area contributed by atoms with Gasteiger partial charge in [0.1, 0.15) is 11.8 Å². The van der Waals surface area contributed by atoms with Gasteiger partial charge in [0.25, 0.3) is 0 Å². The lowest BCUT2D eigenvalue weighted by Crippen LogP contribution is -2.26. The summed E-state index contributed by atoms with van der Waals surface area (Å²) in [5.41, 5.74) is 1.90. The SMILES string of the molecule is CS(=O)(=O)Nc1ccc(C2=NN(C(=O)c3ccc(Br)o3)[C@@H](c3ccco3)C2)cc1. The van der Waals surface area contributed by atoms with Gasteiger partial charge in [0, 0.05) is 12.1 Å².